The molecule has 2 N–H and O–H groups in total. The normalized spacial score (nSPS) is 27.4. The summed E-state index contributed by atoms with van der Waals surface area (Å²) in [6.07, 6.45) is 2.39. The standard InChI is InChI=1S/C21H25N5O4/c1-21(2)29-16-14(10-27)28-20(17(16)30-21)26-12-25-15-18(23-11-24-19(15)26)22-9-8-13-6-4-3-5-7-13/h3-7,11-12,14,16-17,20,27H,8-10H2,1-2H3,(H,22,23,24)/t14-,16-,17-,20-/m1/s1. The molecule has 2 fully saturated rings. The number of rotatable bonds is 6. The Bertz CT molecular complexity index is 1020. The van der Waals surface area contributed by atoms with Gasteiger partial charge in [-0.1, -0.05) is 30.3 Å². The quantitative estimate of drug-likeness (QED) is 0.634. The smallest absolute Gasteiger partial charge is 0.167 e. The van der Waals surface area contributed by atoms with Crippen LogP contribution in [-0.4, -0.2) is 61.9 Å². The Kier molecular flexibility index (Phi) is 4.90. The molecule has 0 saturated carbocycles. The SMILES string of the molecule is CC1(C)O[C@@H]2[C@H](O1)[C@@H](CO)O[C@H]2n1cnc2c(NCCc3ccccc3)ncnc21. The summed E-state index contributed by atoms with van der Waals surface area (Å²) >= 11 is 0. The van der Waals surface area contributed by atoms with Crippen molar-refractivity contribution in [2.45, 2.75) is 50.6 Å². The van der Waals surface area contributed by atoms with Crippen molar-refractivity contribution in [3.8, 4) is 0 Å². The molecule has 4 heterocycles. The van der Waals surface area contributed by atoms with E-state index in [1.807, 2.05) is 36.6 Å². The molecular weight excluding hydrogens is 386 g/mol. The van der Waals surface area contributed by atoms with Crippen molar-refractivity contribution in [3.63, 3.8) is 0 Å². The van der Waals surface area contributed by atoms with Gasteiger partial charge in [-0.25, -0.2) is 15.0 Å². The first-order valence-electron chi connectivity index (χ1n) is 10.1. The number of nitrogens with zero attached hydrogens (tertiary/aromatic N) is 4. The molecule has 0 radical (unpaired) electrons. The molecule has 5 rings (SSSR count). The van der Waals surface area contributed by atoms with Crippen LogP contribution in [0.3, 0.4) is 0 Å². The molecule has 0 aliphatic carbocycles. The summed E-state index contributed by atoms with van der Waals surface area (Å²) in [5, 5.41) is 13.1. The molecular formula is C21H25N5O4. The Labute approximate surface area is 174 Å². The highest BCUT2D eigenvalue weighted by atomic mass is 16.8. The van der Waals surface area contributed by atoms with Gasteiger partial charge in [0.25, 0.3) is 0 Å². The van der Waals surface area contributed by atoms with Gasteiger partial charge in [-0.2, -0.15) is 0 Å². The van der Waals surface area contributed by atoms with Gasteiger partial charge in [0, 0.05) is 6.54 Å². The van der Waals surface area contributed by atoms with Crippen LogP contribution in [0.15, 0.2) is 43.0 Å². The number of aliphatic hydroxyl groups is 1. The van der Waals surface area contributed by atoms with Gasteiger partial charge in [-0.05, 0) is 25.8 Å². The number of benzene rings is 1. The average Bonchev–Trinajstić information content (AvgIpc) is 3.39. The highest BCUT2D eigenvalue weighted by Gasteiger charge is 2.55. The Morgan fingerprint density at radius 2 is 1.90 bits per heavy atom. The minimum atomic E-state index is -0.736. The number of anilines is 1. The number of nitrogens with one attached hydrogen (secondary N) is 1. The van der Waals surface area contributed by atoms with Crippen LogP contribution in [-0.2, 0) is 20.6 Å². The van der Waals surface area contributed by atoms with Crippen LogP contribution < -0.4 is 5.32 Å². The summed E-state index contributed by atoms with van der Waals surface area (Å²) in [5.41, 5.74) is 2.56. The maximum Gasteiger partial charge on any atom is 0.167 e. The number of fused-ring (bicyclic) bond motifs is 2. The van der Waals surface area contributed by atoms with Crippen molar-refractivity contribution in [1.29, 1.82) is 0 Å². The summed E-state index contributed by atoms with van der Waals surface area (Å²) in [6, 6.07) is 10.3. The van der Waals surface area contributed by atoms with Crippen LogP contribution in [0.1, 0.15) is 25.6 Å². The van der Waals surface area contributed by atoms with Gasteiger partial charge < -0.3 is 24.6 Å². The van der Waals surface area contributed by atoms with Gasteiger partial charge in [0.2, 0.25) is 0 Å². The third-order valence-corrected chi connectivity index (χ3v) is 5.49. The van der Waals surface area contributed by atoms with Crippen molar-refractivity contribution in [2.24, 2.45) is 0 Å². The minimum absolute atomic E-state index is 0.148. The molecule has 2 aliphatic heterocycles. The lowest BCUT2D eigenvalue weighted by atomic mass is 10.1. The number of ether oxygens (including phenoxy) is 3. The van der Waals surface area contributed by atoms with Crippen LogP contribution in [0.25, 0.3) is 11.2 Å². The maximum absolute atomic E-state index is 9.73. The molecule has 4 atom stereocenters. The van der Waals surface area contributed by atoms with E-state index in [0.717, 1.165) is 13.0 Å². The van der Waals surface area contributed by atoms with Gasteiger partial charge in [-0.3, -0.25) is 4.57 Å². The molecule has 0 unspecified atom stereocenters. The number of imidazole rings is 1. The minimum Gasteiger partial charge on any atom is -0.394 e. The molecule has 2 aromatic heterocycles. The van der Waals surface area contributed by atoms with Crippen molar-refractivity contribution in [2.75, 3.05) is 18.5 Å². The molecule has 9 nitrogen and oxygen atoms in total. The fourth-order valence-corrected chi connectivity index (χ4v) is 4.17. The lowest BCUT2D eigenvalue weighted by Gasteiger charge is -2.24. The zero-order valence-electron chi connectivity index (χ0n) is 16.9. The summed E-state index contributed by atoms with van der Waals surface area (Å²) in [5.74, 6) is -0.0628. The molecule has 0 bridgehead atoms. The van der Waals surface area contributed by atoms with E-state index in [4.69, 9.17) is 14.2 Å². The van der Waals surface area contributed by atoms with Crippen molar-refractivity contribution < 1.29 is 19.3 Å². The number of hydrogen-bond acceptors (Lipinski definition) is 8. The average molecular weight is 411 g/mol. The van der Waals surface area contributed by atoms with E-state index >= 15 is 0 Å². The molecule has 2 aliphatic rings. The van der Waals surface area contributed by atoms with Crippen molar-refractivity contribution >= 4 is 17.0 Å². The molecule has 9 heteroatoms. The molecule has 30 heavy (non-hydrogen) atoms. The second-order valence-corrected chi connectivity index (χ2v) is 8.02. The second-order valence-electron chi connectivity index (χ2n) is 8.02. The van der Waals surface area contributed by atoms with E-state index in [-0.39, 0.29) is 18.8 Å². The molecule has 2 saturated heterocycles. The third-order valence-electron chi connectivity index (χ3n) is 5.49. The molecule has 3 aromatic rings. The van der Waals surface area contributed by atoms with Crippen LogP contribution in [0.2, 0.25) is 0 Å². The largest absolute Gasteiger partial charge is 0.394 e. The predicted octanol–water partition coefficient (Wildman–Crippen LogP) is 1.89. The molecule has 0 spiro atoms. The molecule has 1 aromatic carbocycles. The fourth-order valence-electron chi connectivity index (χ4n) is 4.17. The highest BCUT2D eigenvalue weighted by molar-refractivity contribution is 5.82. The number of aromatic nitrogens is 4. The van der Waals surface area contributed by atoms with Gasteiger partial charge in [0.05, 0.1) is 12.9 Å². The lowest BCUT2D eigenvalue weighted by molar-refractivity contribution is -0.199. The maximum atomic E-state index is 9.73. The van der Waals surface area contributed by atoms with Crippen LogP contribution >= 0.6 is 0 Å². The second kappa shape index (κ2) is 7.59. The summed E-state index contributed by atoms with van der Waals surface area (Å²) in [7, 11) is 0. The van der Waals surface area contributed by atoms with Gasteiger partial charge >= 0.3 is 0 Å². The van der Waals surface area contributed by atoms with Crippen molar-refractivity contribution in [1.82, 2.24) is 19.5 Å². The van der Waals surface area contributed by atoms with Gasteiger partial charge in [0.1, 0.15) is 24.6 Å². The van der Waals surface area contributed by atoms with Gasteiger partial charge in [0.15, 0.2) is 29.0 Å². The van der Waals surface area contributed by atoms with E-state index in [1.54, 1.807) is 6.33 Å². The Hall–Kier alpha value is -2.59. The lowest BCUT2D eigenvalue weighted by Crippen LogP contribution is -2.31. The topological polar surface area (TPSA) is 104 Å². The first-order valence-corrected chi connectivity index (χ1v) is 10.1. The Morgan fingerprint density at radius 3 is 2.70 bits per heavy atom. The monoisotopic (exact) mass is 411 g/mol. The van der Waals surface area contributed by atoms with Crippen LogP contribution in [0.5, 0.6) is 0 Å². The van der Waals surface area contributed by atoms with E-state index in [9.17, 15) is 5.11 Å². The van der Waals surface area contributed by atoms with Crippen LogP contribution in [0, 0.1) is 0 Å². The van der Waals surface area contributed by atoms with Crippen molar-refractivity contribution in [3.05, 3.63) is 48.5 Å². The first kappa shape index (κ1) is 19.4. The molecule has 158 valence electrons. The Balaban J connectivity index is 1.38. The van der Waals surface area contributed by atoms with E-state index < -0.39 is 18.1 Å². The Morgan fingerprint density at radius 1 is 1.10 bits per heavy atom. The fraction of sp³-hybridized carbons (Fsp3) is 0.476. The predicted molar refractivity (Wildman–Crippen MR) is 109 cm³/mol. The van der Waals surface area contributed by atoms with E-state index in [1.165, 1.54) is 11.9 Å². The number of aliphatic hydroxyl groups excluding tert-OH is 1. The summed E-state index contributed by atoms with van der Waals surface area (Å²) in [6.45, 7) is 4.30. The van der Waals surface area contributed by atoms with Crippen LogP contribution in [0.4, 0.5) is 5.82 Å². The zero-order valence-corrected chi connectivity index (χ0v) is 16.9. The number of hydrogen-bond donors (Lipinski definition) is 2. The third kappa shape index (κ3) is 3.43. The highest BCUT2D eigenvalue weighted by Crippen LogP contribution is 2.43. The zero-order chi connectivity index (χ0) is 20.7. The molecule has 0 amide bonds. The van der Waals surface area contributed by atoms with Gasteiger partial charge in [-0.15, -0.1) is 0 Å². The van der Waals surface area contributed by atoms with E-state index in [0.29, 0.717) is 17.0 Å². The summed E-state index contributed by atoms with van der Waals surface area (Å²) < 4.78 is 19.9. The summed E-state index contributed by atoms with van der Waals surface area (Å²) in [4.78, 5) is 13.3. The first-order chi connectivity index (χ1) is 14.6. The van der Waals surface area contributed by atoms with E-state index in [2.05, 4.69) is 32.4 Å².